The van der Waals surface area contributed by atoms with Gasteiger partial charge in [0.05, 0.1) is 13.2 Å². The molecule has 0 aliphatic rings. The fourth-order valence-corrected chi connectivity index (χ4v) is 10.2. The highest BCUT2D eigenvalue weighted by molar-refractivity contribution is 7.80. The molecule has 0 saturated carbocycles. The largest absolute Gasteiger partial charge is 0.491 e. The smallest absolute Gasteiger partial charge is 0.134 e. The van der Waals surface area contributed by atoms with Crippen LogP contribution in [0.15, 0.2) is 224 Å². The standard InChI is InChI=1S/C64H50O2S2/c1-64(55-21-3-2-4-22-55,56-39-58(51-27-23-43-13-5-9-17-47(43)35-51)62(65-31-33-67)59(40-56)52-28-24-44-14-6-10-18-48(44)36-52)57-41-60(53-29-25-45-15-7-11-19-49(45)37-53)63(66-32-34-68)61(42-57)54-30-26-46-16-8-12-20-50(46)38-54/h2-30,35-42,67-68H,31-34H2,1H3. The van der Waals surface area contributed by atoms with Crippen LogP contribution in [0.5, 0.6) is 11.5 Å². The predicted octanol–water partition coefficient (Wildman–Crippen LogP) is 16.9. The Morgan fingerprint density at radius 1 is 0.309 bits per heavy atom. The Bertz CT molecular complexity index is 3220. The Morgan fingerprint density at radius 2 is 0.588 bits per heavy atom. The summed E-state index contributed by atoms with van der Waals surface area (Å²) in [7, 11) is 0. The predicted molar refractivity (Wildman–Crippen MR) is 295 cm³/mol. The quantitative estimate of drug-likeness (QED) is 0.0887. The maximum atomic E-state index is 6.91. The number of hydrogen-bond donors (Lipinski definition) is 2. The van der Waals surface area contributed by atoms with E-state index in [2.05, 4.69) is 257 Å². The minimum Gasteiger partial charge on any atom is -0.491 e. The maximum absolute atomic E-state index is 6.91. The highest BCUT2D eigenvalue weighted by Crippen LogP contribution is 2.51. The number of hydrogen-bond acceptors (Lipinski definition) is 4. The number of benzene rings is 11. The summed E-state index contributed by atoms with van der Waals surface area (Å²) in [5.41, 5.74) is 11.2. The van der Waals surface area contributed by atoms with Crippen molar-refractivity contribution in [1.82, 2.24) is 0 Å². The first-order chi connectivity index (χ1) is 33.5. The van der Waals surface area contributed by atoms with Crippen LogP contribution in [0.1, 0.15) is 23.6 Å². The lowest BCUT2D eigenvalue weighted by molar-refractivity contribution is 0.347. The molecule has 0 fully saturated rings. The summed E-state index contributed by atoms with van der Waals surface area (Å²) in [4.78, 5) is 0. The molecule has 0 bridgehead atoms. The third-order valence-corrected chi connectivity index (χ3v) is 14.0. The van der Waals surface area contributed by atoms with E-state index in [1.54, 1.807) is 0 Å². The average molecular weight is 915 g/mol. The van der Waals surface area contributed by atoms with Gasteiger partial charge in [-0.2, -0.15) is 25.3 Å². The molecule has 0 spiro atoms. The van der Waals surface area contributed by atoms with E-state index in [-0.39, 0.29) is 0 Å². The van der Waals surface area contributed by atoms with Crippen molar-refractivity contribution in [2.75, 3.05) is 24.7 Å². The third kappa shape index (κ3) is 8.19. The molecule has 330 valence electrons. The molecule has 2 nitrogen and oxygen atoms in total. The van der Waals surface area contributed by atoms with Crippen molar-refractivity contribution < 1.29 is 9.47 Å². The summed E-state index contributed by atoms with van der Waals surface area (Å²) in [6.07, 6.45) is 0. The van der Waals surface area contributed by atoms with Crippen molar-refractivity contribution in [3.63, 3.8) is 0 Å². The molecular formula is C64H50O2S2. The van der Waals surface area contributed by atoms with Crippen molar-refractivity contribution in [2.45, 2.75) is 12.3 Å². The van der Waals surface area contributed by atoms with Gasteiger partial charge in [-0.15, -0.1) is 0 Å². The molecular weight excluding hydrogens is 865 g/mol. The molecule has 0 aromatic heterocycles. The highest BCUT2D eigenvalue weighted by atomic mass is 32.1. The molecule has 0 aliphatic heterocycles. The van der Waals surface area contributed by atoms with Crippen molar-refractivity contribution in [1.29, 1.82) is 0 Å². The van der Waals surface area contributed by atoms with Crippen molar-refractivity contribution in [3.8, 4) is 56.0 Å². The van der Waals surface area contributed by atoms with E-state index in [4.69, 9.17) is 9.47 Å². The molecule has 11 aromatic rings. The van der Waals surface area contributed by atoms with Crippen LogP contribution in [0.3, 0.4) is 0 Å². The Balaban J connectivity index is 1.25. The van der Waals surface area contributed by atoms with Crippen LogP contribution in [-0.4, -0.2) is 24.7 Å². The van der Waals surface area contributed by atoms with Crippen LogP contribution in [0.2, 0.25) is 0 Å². The fraction of sp³-hybridized carbons (Fsp3) is 0.0938. The van der Waals surface area contributed by atoms with E-state index >= 15 is 0 Å². The van der Waals surface area contributed by atoms with Gasteiger partial charge < -0.3 is 9.47 Å². The Kier molecular flexibility index (Phi) is 12.0. The van der Waals surface area contributed by atoms with Crippen LogP contribution in [0.25, 0.3) is 87.6 Å². The van der Waals surface area contributed by atoms with Crippen LogP contribution in [-0.2, 0) is 5.41 Å². The zero-order chi connectivity index (χ0) is 46.0. The summed E-state index contributed by atoms with van der Waals surface area (Å²) in [6.45, 7) is 3.30. The number of rotatable bonds is 13. The molecule has 0 unspecified atom stereocenters. The third-order valence-electron chi connectivity index (χ3n) is 13.6. The summed E-state index contributed by atoms with van der Waals surface area (Å²) in [5.74, 6) is 2.84. The average Bonchev–Trinajstić information content (AvgIpc) is 3.40. The van der Waals surface area contributed by atoms with E-state index in [0.717, 1.165) is 72.7 Å². The Hall–Kier alpha value is -7.24. The molecule has 0 aliphatic carbocycles. The first-order valence-electron chi connectivity index (χ1n) is 23.3. The Morgan fingerprint density at radius 3 is 0.882 bits per heavy atom. The number of thiol groups is 2. The minimum absolute atomic E-state index is 0.456. The van der Waals surface area contributed by atoms with Gasteiger partial charge in [0.2, 0.25) is 0 Å². The van der Waals surface area contributed by atoms with Crippen LogP contribution >= 0.6 is 25.3 Å². The zero-order valence-corrected chi connectivity index (χ0v) is 39.7. The summed E-state index contributed by atoms with van der Waals surface area (Å²) in [6, 6.07) is 81.8. The van der Waals surface area contributed by atoms with Gasteiger partial charge >= 0.3 is 0 Å². The van der Waals surface area contributed by atoms with Gasteiger partial charge in [-0.05, 0) is 137 Å². The lowest BCUT2D eigenvalue weighted by Crippen LogP contribution is -2.26. The van der Waals surface area contributed by atoms with Crippen LogP contribution < -0.4 is 9.47 Å². The van der Waals surface area contributed by atoms with Gasteiger partial charge in [-0.25, -0.2) is 0 Å². The topological polar surface area (TPSA) is 18.5 Å². The number of fused-ring (bicyclic) bond motifs is 4. The van der Waals surface area contributed by atoms with E-state index < -0.39 is 5.41 Å². The second kappa shape index (κ2) is 18.8. The van der Waals surface area contributed by atoms with E-state index in [9.17, 15) is 0 Å². The van der Waals surface area contributed by atoms with Gasteiger partial charge in [-0.1, -0.05) is 176 Å². The number of ether oxygens (including phenoxy) is 2. The first kappa shape index (κ1) is 43.3. The molecule has 0 saturated heterocycles. The summed E-state index contributed by atoms with van der Waals surface area (Å²) < 4.78 is 13.8. The molecule has 0 heterocycles. The lowest BCUT2D eigenvalue weighted by atomic mass is 9.68. The van der Waals surface area contributed by atoms with Gasteiger partial charge in [0.15, 0.2) is 0 Å². The first-order valence-corrected chi connectivity index (χ1v) is 24.6. The van der Waals surface area contributed by atoms with E-state index in [1.807, 2.05) is 0 Å². The van der Waals surface area contributed by atoms with Crippen molar-refractivity contribution >= 4 is 68.3 Å². The van der Waals surface area contributed by atoms with Crippen LogP contribution in [0, 0.1) is 0 Å². The molecule has 0 amide bonds. The zero-order valence-electron chi connectivity index (χ0n) is 37.9. The normalized spacial score (nSPS) is 11.7. The second-order valence-electron chi connectivity index (χ2n) is 17.7. The fourth-order valence-electron chi connectivity index (χ4n) is 10.00. The van der Waals surface area contributed by atoms with Crippen molar-refractivity contribution in [3.05, 3.63) is 241 Å². The van der Waals surface area contributed by atoms with Crippen LogP contribution in [0.4, 0.5) is 0 Å². The van der Waals surface area contributed by atoms with E-state index in [1.165, 1.54) is 43.1 Å². The summed E-state index contributed by atoms with van der Waals surface area (Å²) >= 11 is 9.32. The molecule has 0 radical (unpaired) electrons. The van der Waals surface area contributed by atoms with Crippen molar-refractivity contribution in [2.24, 2.45) is 0 Å². The molecule has 0 atom stereocenters. The van der Waals surface area contributed by atoms with Gasteiger partial charge in [0.25, 0.3) is 0 Å². The molecule has 68 heavy (non-hydrogen) atoms. The Labute approximate surface area is 409 Å². The van der Waals surface area contributed by atoms with E-state index in [0.29, 0.717) is 24.7 Å². The minimum atomic E-state index is -0.709. The molecule has 11 rings (SSSR count). The second-order valence-corrected chi connectivity index (χ2v) is 18.6. The highest BCUT2D eigenvalue weighted by Gasteiger charge is 2.35. The van der Waals surface area contributed by atoms with Gasteiger partial charge in [0.1, 0.15) is 11.5 Å². The maximum Gasteiger partial charge on any atom is 0.134 e. The summed E-state index contributed by atoms with van der Waals surface area (Å²) in [5, 5.41) is 9.45. The molecule has 4 heteroatoms. The lowest BCUT2D eigenvalue weighted by Gasteiger charge is -2.35. The SMILES string of the molecule is CC(c1ccccc1)(c1cc(-c2ccc3ccccc3c2)c(OCCS)c(-c2ccc3ccccc3c2)c1)c1cc(-c2ccc3ccccc3c2)c(OCCS)c(-c2ccc3ccccc3c2)c1. The monoisotopic (exact) mass is 914 g/mol. The molecule has 0 N–H and O–H groups in total. The van der Waals surface area contributed by atoms with Gasteiger partial charge in [0, 0.05) is 39.2 Å². The molecule has 11 aromatic carbocycles. The van der Waals surface area contributed by atoms with Gasteiger partial charge in [-0.3, -0.25) is 0 Å².